The Bertz CT molecular complexity index is 1140. The monoisotopic (exact) mass is 442 g/mol. The van der Waals surface area contributed by atoms with Crippen LogP contribution in [0, 0.1) is 13.8 Å². The molecule has 1 aliphatic rings. The van der Waals surface area contributed by atoms with Crippen LogP contribution < -0.4 is 10.1 Å². The van der Waals surface area contributed by atoms with Crippen molar-refractivity contribution in [3.8, 4) is 5.75 Å². The standard InChI is InChI=1S/C28H30N2O3/c1-19-17-20(2)24-15-16-30(28(25(24)18-19)21-7-5-4-6-8-21)27(32)14-13-26(31)29-22-9-11-23(33-3)12-10-22/h4-12,17-18,28H,13-16H2,1-3H3,(H,29,31). The molecule has 1 N–H and O–H groups in total. The number of amides is 2. The van der Waals surface area contributed by atoms with Gasteiger partial charge in [-0.05, 0) is 66.8 Å². The van der Waals surface area contributed by atoms with Crippen LogP contribution in [0.15, 0.2) is 66.7 Å². The molecule has 1 aliphatic heterocycles. The highest BCUT2D eigenvalue weighted by atomic mass is 16.5. The second-order valence-electron chi connectivity index (χ2n) is 8.58. The molecule has 3 aromatic rings. The minimum absolute atomic E-state index is 0.00135. The van der Waals surface area contributed by atoms with E-state index < -0.39 is 0 Å². The zero-order valence-corrected chi connectivity index (χ0v) is 19.4. The summed E-state index contributed by atoms with van der Waals surface area (Å²) in [5.74, 6) is 0.554. The van der Waals surface area contributed by atoms with Gasteiger partial charge in [-0.1, -0.05) is 48.0 Å². The van der Waals surface area contributed by atoms with E-state index in [0.717, 1.165) is 17.7 Å². The summed E-state index contributed by atoms with van der Waals surface area (Å²) < 4.78 is 5.14. The molecule has 4 rings (SSSR count). The molecule has 33 heavy (non-hydrogen) atoms. The molecule has 0 saturated heterocycles. The SMILES string of the molecule is COc1ccc(NC(=O)CCC(=O)N2CCc3c(C)cc(C)cc3C2c2ccccc2)cc1. The van der Waals surface area contributed by atoms with Gasteiger partial charge in [-0.25, -0.2) is 0 Å². The molecule has 1 atom stereocenters. The molecule has 0 bridgehead atoms. The van der Waals surface area contributed by atoms with Gasteiger partial charge in [0.25, 0.3) is 0 Å². The first-order valence-electron chi connectivity index (χ1n) is 11.3. The van der Waals surface area contributed by atoms with Crippen molar-refractivity contribution in [2.75, 3.05) is 19.0 Å². The van der Waals surface area contributed by atoms with Crippen LogP contribution in [0.2, 0.25) is 0 Å². The lowest BCUT2D eigenvalue weighted by Crippen LogP contribution is -2.41. The van der Waals surface area contributed by atoms with Gasteiger partial charge in [0.15, 0.2) is 0 Å². The lowest BCUT2D eigenvalue weighted by molar-refractivity contribution is -0.134. The Balaban J connectivity index is 1.50. The van der Waals surface area contributed by atoms with Crippen LogP contribution in [0.1, 0.15) is 46.7 Å². The number of hydrogen-bond acceptors (Lipinski definition) is 3. The van der Waals surface area contributed by atoms with Crippen LogP contribution in [0.5, 0.6) is 5.75 Å². The van der Waals surface area contributed by atoms with Gasteiger partial charge in [-0.3, -0.25) is 9.59 Å². The Morgan fingerprint density at radius 1 is 1.00 bits per heavy atom. The third kappa shape index (κ3) is 5.08. The summed E-state index contributed by atoms with van der Waals surface area (Å²) in [5, 5.41) is 2.86. The third-order valence-electron chi connectivity index (χ3n) is 6.24. The van der Waals surface area contributed by atoms with E-state index in [9.17, 15) is 9.59 Å². The molecule has 0 fully saturated rings. The largest absolute Gasteiger partial charge is 0.497 e. The average molecular weight is 443 g/mol. The molecular formula is C28H30N2O3. The van der Waals surface area contributed by atoms with Crippen molar-refractivity contribution in [2.45, 2.75) is 39.2 Å². The minimum atomic E-state index is -0.172. The normalized spacial score (nSPS) is 15.0. The summed E-state index contributed by atoms with van der Waals surface area (Å²) >= 11 is 0. The summed E-state index contributed by atoms with van der Waals surface area (Å²) in [6.07, 6.45) is 1.14. The molecule has 0 saturated carbocycles. The van der Waals surface area contributed by atoms with Crippen molar-refractivity contribution in [1.29, 1.82) is 0 Å². The first kappa shape index (κ1) is 22.6. The average Bonchev–Trinajstić information content (AvgIpc) is 2.82. The van der Waals surface area contributed by atoms with Crippen LogP contribution in [0.4, 0.5) is 5.69 Å². The molecule has 2 amide bonds. The van der Waals surface area contributed by atoms with E-state index in [-0.39, 0.29) is 30.7 Å². The number of rotatable bonds is 6. The van der Waals surface area contributed by atoms with Crippen LogP contribution >= 0.6 is 0 Å². The first-order chi connectivity index (χ1) is 16.0. The van der Waals surface area contributed by atoms with Crippen molar-refractivity contribution in [2.24, 2.45) is 0 Å². The summed E-state index contributed by atoms with van der Waals surface area (Å²) in [4.78, 5) is 27.8. The van der Waals surface area contributed by atoms with Gasteiger partial charge in [-0.15, -0.1) is 0 Å². The highest BCUT2D eigenvalue weighted by Crippen LogP contribution is 2.37. The van der Waals surface area contributed by atoms with Gasteiger partial charge in [-0.2, -0.15) is 0 Å². The van der Waals surface area contributed by atoms with E-state index in [1.165, 1.54) is 22.3 Å². The fourth-order valence-electron chi connectivity index (χ4n) is 4.67. The van der Waals surface area contributed by atoms with Gasteiger partial charge < -0.3 is 15.0 Å². The van der Waals surface area contributed by atoms with E-state index >= 15 is 0 Å². The van der Waals surface area contributed by atoms with E-state index in [2.05, 4.69) is 43.4 Å². The lowest BCUT2D eigenvalue weighted by atomic mass is 9.84. The maximum Gasteiger partial charge on any atom is 0.224 e. The minimum Gasteiger partial charge on any atom is -0.497 e. The van der Waals surface area contributed by atoms with Crippen LogP contribution in [0.25, 0.3) is 0 Å². The number of fused-ring (bicyclic) bond motifs is 1. The van der Waals surface area contributed by atoms with Crippen LogP contribution in [-0.4, -0.2) is 30.4 Å². The lowest BCUT2D eigenvalue weighted by Gasteiger charge is -2.39. The molecule has 170 valence electrons. The Kier molecular flexibility index (Phi) is 6.78. The van der Waals surface area contributed by atoms with Gasteiger partial charge in [0, 0.05) is 25.1 Å². The molecule has 0 spiro atoms. The zero-order valence-electron chi connectivity index (χ0n) is 19.4. The summed E-state index contributed by atoms with van der Waals surface area (Å²) in [5.41, 5.74) is 6.78. The van der Waals surface area contributed by atoms with Crippen LogP contribution in [-0.2, 0) is 16.0 Å². The van der Waals surface area contributed by atoms with E-state index in [1.54, 1.807) is 31.4 Å². The van der Waals surface area contributed by atoms with Crippen molar-refractivity contribution in [3.63, 3.8) is 0 Å². The van der Waals surface area contributed by atoms with E-state index in [1.807, 2.05) is 23.1 Å². The fourth-order valence-corrected chi connectivity index (χ4v) is 4.67. The van der Waals surface area contributed by atoms with E-state index in [4.69, 9.17) is 4.74 Å². The smallest absolute Gasteiger partial charge is 0.224 e. The predicted octanol–water partition coefficient (Wildman–Crippen LogP) is 5.21. The van der Waals surface area contributed by atoms with E-state index in [0.29, 0.717) is 12.2 Å². The quantitative estimate of drug-likeness (QED) is 0.570. The highest BCUT2D eigenvalue weighted by Gasteiger charge is 2.32. The summed E-state index contributed by atoms with van der Waals surface area (Å²) in [6.45, 7) is 4.89. The predicted molar refractivity (Wildman–Crippen MR) is 130 cm³/mol. The molecule has 0 aromatic heterocycles. The topological polar surface area (TPSA) is 58.6 Å². The molecule has 5 nitrogen and oxygen atoms in total. The first-order valence-corrected chi connectivity index (χ1v) is 11.3. The van der Waals surface area contributed by atoms with Crippen molar-refractivity contribution in [1.82, 2.24) is 4.90 Å². The second-order valence-corrected chi connectivity index (χ2v) is 8.58. The maximum atomic E-state index is 13.3. The number of carbonyl (C=O) groups is 2. The van der Waals surface area contributed by atoms with Gasteiger partial charge >= 0.3 is 0 Å². The molecular weight excluding hydrogens is 412 g/mol. The molecule has 0 radical (unpaired) electrons. The summed E-state index contributed by atoms with van der Waals surface area (Å²) in [6, 6.07) is 21.6. The Morgan fingerprint density at radius 3 is 2.42 bits per heavy atom. The van der Waals surface area contributed by atoms with Crippen molar-refractivity contribution >= 4 is 17.5 Å². The number of hydrogen-bond donors (Lipinski definition) is 1. The maximum absolute atomic E-state index is 13.3. The van der Waals surface area contributed by atoms with Crippen molar-refractivity contribution in [3.05, 3.63) is 94.5 Å². The number of benzene rings is 3. The van der Waals surface area contributed by atoms with Gasteiger partial charge in [0.1, 0.15) is 5.75 Å². The zero-order chi connectivity index (χ0) is 23.4. The summed E-state index contributed by atoms with van der Waals surface area (Å²) in [7, 11) is 1.60. The van der Waals surface area contributed by atoms with Crippen LogP contribution in [0.3, 0.4) is 0 Å². The highest BCUT2D eigenvalue weighted by molar-refractivity contribution is 5.93. The third-order valence-corrected chi connectivity index (χ3v) is 6.24. The number of nitrogens with zero attached hydrogens (tertiary/aromatic N) is 1. The Morgan fingerprint density at radius 2 is 1.73 bits per heavy atom. The molecule has 0 aliphatic carbocycles. The van der Waals surface area contributed by atoms with Crippen molar-refractivity contribution < 1.29 is 14.3 Å². The van der Waals surface area contributed by atoms with Gasteiger partial charge in [0.2, 0.25) is 11.8 Å². The molecule has 1 unspecified atom stereocenters. The number of anilines is 1. The second kappa shape index (κ2) is 9.90. The fraction of sp³-hybridized carbons (Fsp3) is 0.286. The Labute approximate surface area is 195 Å². The number of carbonyl (C=O) groups excluding carboxylic acids is 2. The number of ether oxygens (including phenoxy) is 1. The number of methoxy groups -OCH3 is 1. The van der Waals surface area contributed by atoms with Gasteiger partial charge in [0.05, 0.1) is 13.2 Å². The molecule has 3 aromatic carbocycles. The Hall–Kier alpha value is -3.60. The molecule has 1 heterocycles. The number of nitrogens with one attached hydrogen (secondary N) is 1. The molecule has 5 heteroatoms. The number of aryl methyl sites for hydroxylation is 2.